The summed E-state index contributed by atoms with van der Waals surface area (Å²) in [5.41, 5.74) is 8.64. The number of nitrogens with one attached hydrogen (secondary N) is 2. The van der Waals surface area contributed by atoms with Gasteiger partial charge in [-0.1, -0.05) is 5.16 Å². The van der Waals surface area contributed by atoms with Crippen molar-refractivity contribution in [2.75, 3.05) is 0 Å². The second-order valence-corrected chi connectivity index (χ2v) is 5.37. The quantitative estimate of drug-likeness (QED) is 0.766. The largest absolute Gasteiger partial charge is 0.353 e. The van der Waals surface area contributed by atoms with Crippen LogP contribution in [0.3, 0.4) is 0 Å². The zero-order valence-electron chi connectivity index (χ0n) is 12.1. The van der Waals surface area contributed by atoms with Crippen molar-refractivity contribution in [2.45, 2.75) is 18.5 Å². The Morgan fingerprint density at radius 3 is 2.77 bits per heavy atom. The standard InChI is InChI=1S/C15H16N6O/c1-21-8-2-3-13(21)11-9-12(19-18-11)15-17-14(20-22-15)10-4-6-16-7-5-10/h2-8,11-12,18-19H,9H2,1H3. The Balaban J connectivity index is 1.52. The Kier molecular flexibility index (Phi) is 3.21. The van der Waals surface area contributed by atoms with Gasteiger partial charge >= 0.3 is 0 Å². The van der Waals surface area contributed by atoms with Crippen LogP contribution in [0, 0.1) is 0 Å². The van der Waals surface area contributed by atoms with E-state index in [1.165, 1.54) is 5.69 Å². The molecule has 2 unspecified atom stereocenters. The summed E-state index contributed by atoms with van der Waals surface area (Å²) in [6, 6.07) is 8.10. The van der Waals surface area contributed by atoms with E-state index in [2.05, 4.69) is 36.6 Å². The molecule has 3 aromatic heterocycles. The minimum Gasteiger partial charge on any atom is -0.353 e. The van der Waals surface area contributed by atoms with E-state index in [1.807, 2.05) is 31.4 Å². The molecule has 0 radical (unpaired) electrons. The molecule has 2 N–H and O–H groups in total. The highest BCUT2D eigenvalue weighted by Gasteiger charge is 2.31. The molecule has 0 spiro atoms. The van der Waals surface area contributed by atoms with E-state index in [4.69, 9.17) is 4.52 Å². The number of aromatic nitrogens is 4. The van der Waals surface area contributed by atoms with Crippen LogP contribution in [0.25, 0.3) is 11.4 Å². The van der Waals surface area contributed by atoms with Crippen LogP contribution in [-0.2, 0) is 7.05 Å². The topological polar surface area (TPSA) is 80.8 Å². The van der Waals surface area contributed by atoms with Crippen LogP contribution < -0.4 is 10.9 Å². The first-order chi connectivity index (χ1) is 10.8. The van der Waals surface area contributed by atoms with Crippen LogP contribution in [0.4, 0.5) is 0 Å². The predicted octanol–water partition coefficient (Wildman–Crippen LogP) is 1.75. The Bertz CT molecular complexity index is 765. The number of hydrazine groups is 1. The normalized spacial score (nSPS) is 21.3. The molecule has 0 saturated carbocycles. The highest BCUT2D eigenvalue weighted by molar-refractivity contribution is 5.52. The van der Waals surface area contributed by atoms with Crippen molar-refractivity contribution in [1.82, 2.24) is 30.5 Å². The summed E-state index contributed by atoms with van der Waals surface area (Å²) in [5, 5.41) is 4.05. The molecular weight excluding hydrogens is 280 g/mol. The lowest BCUT2D eigenvalue weighted by molar-refractivity contribution is 0.340. The average molecular weight is 296 g/mol. The molecule has 0 amide bonds. The summed E-state index contributed by atoms with van der Waals surface area (Å²) >= 11 is 0. The second-order valence-electron chi connectivity index (χ2n) is 5.37. The maximum atomic E-state index is 5.41. The van der Waals surface area contributed by atoms with Crippen LogP contribution in [-0.4, -0.2) is 19.7 Å². The van der Waals surface area contributed by atoms with Gasteiger partial charge in [0.25, 0.3) is 0 Å². The van der Waals surface area contributed by atoms with Gasteiger partial charge in [-0.2, -0.15) is 4.98 Å². The van der Waals surface area contributed by atoms with Gasteiger partial charge in [0.05, 0.1) is 6.04 Å². The van der Waals surface area contributed by atoms with Gasteiger partial charge in [0.2, 0.25) is 11.7 Å². The van der Waals surface area contributed by atoms with Gasteiger partial charge in [-0.15, -0.1) is 0 Å². The van der Waals surface area contributed by atoms with Crippen molar-refractivity contribution in [3.05, 3.63) is 54.4 Å². The molecule has 7 heteroatoms. The fraction of sp³-hybridized carbons (Fsp3) is 0.267. The van der Waals surface area contributed by atoms with Crippen molar-refractivity contribution in [2.24, 2.45) is 7.05 Å². The van der Waals surface area contributed by atoms with Gasteiger partial charge in [0.1, 0.15) is 6.04 Å². The Labute approximate surface area is 127 Å². The smallest absolute Gasteiger partial charge is 0.245 e. The monoisotopic (exact) mass is 296 g/mol. The van der Waals surface area contributed by atoms with Gasteiger partial charge in [-0.25, -0.2) is 10.9 Å². The molecule has 22 heavy (non-hydrogen) atoms. The van der Waals surface area contributed by atoms with Gasteiger partial charge in [-0.3, -0.25) is 4.98 Å². The molecular formula is C15H16N6O. The first-order valence-corrected chi connectivity index (χ1v) is 7.17. The van der Waals surface area contributed by atoms with E-state index < -0.39 is 0 Å². The van der Waals surface area contributed by atoms with E-state index in [0.29, 0.717) is 11.7 Å². The molecule has 3 aromatic rings. The summed E-state index contributed by atoms with van der Waals surface area (Å²) in [6.45, 7) is 0. The fourth-order valence-corrected chi connectivity index (χ4v) is 2.74. The first kappa shape index (κ1) is 13.2. The van der Waals surface area contributed by atoms with Crippen molar-refractivity contribution in [1.29, 1.82) is 0 Å². The minimum absolute atomic E-state index is 0.00277. The van der Waals surface area contributed by atoms with E-state index >= 15 is 0 Å². The molecule has 4 rings (SSSR count). The van der Waals surface area contributed by atoms with Crippen molar-refractivity contribution < 1.29 is 4.52 Å². The molecule has 2 atom stereocenters. The molecule has 0 bridgehead atoms. The fourth-order valence-electron chi connectivity index (χ4n) is 2.74. The van der Waals surface area contributed by atoms with Crippen molar-refractivity contribution in [3.8, 4) is 11.4 Å². The van der Waals surface area contributed by atoms with Gasteiger partial charge in [0, 0.05) is 36.9 Å². The number of nitrogens with zero attached hydrogens (tertiary/aromatic N) is 4. The maximum Gasteiger partial charge on any atom is 0.245 e. The third-order valence-corrected chi connectivity index (χ3v) is 3.92. The van der Waals surface area contributed by atoms with E-state index in [9.17, 15) is 0 Å². The first-order valence-electron chi connectivity index (χ1n) is 7.17. The molecule has 1 saturated heterocycles. The maximum absolute atomic E-state index is 5.41. The Hall–Kier alpha value is -2.51. The number of rotatable bonds is 3. The summed E-state index contributed by atoms with van der Waals surface area (Å²) in [7, 11) is 2.04. The molecule has 1 aliphatic heterocycles. The Morgan fingerprint density at radius 1 is 1.18 bits per heavy atom. The van der Waals surface area contributed by atoms with E-state index in [-0.39, 0.29) is 12.1 Å². The third-order valence-electron chi connectivity index (χ3n) is 3.92. The molecule has 1 aliphatic rings. The lowest BCUT2D eigenvalue weighted by atomic mass is 10.1. The predicted molar refractivity (Wildman–Crippen MR) is 79.3 cm³/mol. The van der Waals surface area contributed by atoms with E-state index in [1.54, 1.807) is 12.4 Å². The zero-order valence-corrected chi connectivity index (χ0v) is 12.1. The number of pyridine rings is 1. The van der Waals surface area contributed by atoms with Crippen LogP contribution in [0.5, 0.6) is 0 Å². The van der Waals surface area contributed by atoms with Crippen LogP contribution >= 0.6 is 0 Å². The number of hydrogen-bond acceptors (Lipinski definition) is 6. The van der Waals surface area contributed by atoms with Gasteiger partial charge < -0.3 is 9.09 Å². The van der Waals surface area contributed by atoms with Crippen LogP contribution in [0.1, 0.15) is 30.1 Å². The second kappa shape index (κ2) is 5.36. The van der Waals surface area contributed by atoms with Crippen molar-refractivity contribution >= 4 is 0 Å². The van der Waals surface area contributed by atoms with Gasteiger partial charge in [-0.05, 0) is 30.7 Å². The molecule has 1 fully saturated rings. The molecule has 0 aromatic carbocycles. The zero-order chi connectivity index (χ0) is 14.9. The summed E-state index contributed by atoms with van der Waals surface area (Å²) in [6.07, 6.45) is 6.33. The SMILES string of the molecule is Cn1cccc1C1CC(c2nc(-c3ccncc3)no2)NN1. The Morgan fingerprint density at radius 2 is 2.00 bits per heavy atom. The minimum atomic E-state index is 0.00277. The van der Waals surface area contributed by atoms with Crippen LogP contribution in [0.15, 0.2) is 47.4 Å². The highest BCUT2D eigenvalue weighted by Crippen LogP contribution is 2.30. The van der Waals surface area contributed by atoms with E-state index in [0.717, 1.165) is 12.0 Å². The molecule has 7 nitrogen and oxygen atoms in total. The lowest BCUT2D eigenvalue weighted by Crippen LogP contribution is -2.27. The summed E-state index contributed by atoms with van der Waals surface area (Å²) in [5.74, 6) is 1.18. The average Bonchev–Trinajstić information content (AvgIpc) is 3.27. The summed E-state index contributed by atoms with van der Waals surface area (Å²) < 4.78 is 7.52. The lowest BCUT2D eigenvalue weighted by Gasteiger charge is -2.10. The highest BCUT2D eigenvalue weighted by atomic mass is 16.5. The van der Waals surface area contributed by atoms with Crippen molar-refractivity contribution in [3.63, 3.8) is 0 Å². The molecule has 0 aliphatic carbocycles. The summed E-state index contributed by atoms with van der Waals surface area (Å²) in [4.78, 5) is 8.48. The third kappa shape index (κ3) is 2.30. The van der Waals surface area contributed by atoms with Gasteiger partial charge in [0.15, 0.2) is 0 Å². The number of hydrogen-bond donors (Lipinski definition) is 2. The number of aryl methyl sites for hydroxylation is 1. The molecule has 4 heterocycles. The molecule has 112 valence electrons. The van der Waals surface area contributed by atoms with Crippen LogP contribution in [0.2, 0.25) is 0 Å².